The summed E-state index contributed by atoms with van der Waals surface area (Å²) in [4.78, 5) is 2.30. The van der Waals surface area contributed by atoms with Crippen LogP contribution in [0, 0.1) is 0 Å². The predicted molar refractivity (Wildman–Crippen MR) is 88.3 cm³/mol. The van der Waals surface area contributed by atoms with E-state index in [2.05, 4.69) is 11.8 Å². The van der Waals surface area contributed by atoms with Gasteiger partial charge in [0.25, 0.3) is 0 Å². The van der Waals surface area contributed by atoms with Crippen LogP contribution < -0.4 is 0 Å². The van der Waals surface area contributed by atoms with Gasteiger partial charge < -0.3 is 14.6 Å². The Morgan fingerprint density at radius 3 is 2.82 bits per heavy atom. The van der Waals surface area contributed by atoms with E-state index in [9.17, 15) is 5.11 Å². The summed E-state index contributed by atoms with van der Waals surface area (Å²) in [5.74, 6) is 0. The van der Waals surface area contributed by atoms with Gasteiger partial charge in [0.15, 0.2) is 0 Å². The molecule has 1 heterocycles. The summed E-state index contributed by atoms with van der Waals surface area (Å²) in [6.07, 6.45) is 0.495. The molecule has 0 aliphatic carbocycles. The second-order valence-corrected chi connectivity index (χ2v) is 6.25. The summed E-state index contributed by atoms with van der Waals surface area (Å²) in [5.41, 5.74) is 1.06. The Morgan fingerprint density at radius 2 is 2.14 bits per heavy atom. The van der Waals surface area contributed by atoms with Crippen molar-refractivity contribution in [2.75, 3.05) is 32.9 Å². The van der Waals surface area contributed by atoms with E-state index in [1.165, 1.54) is 0 Å². The van der Waals surface area contributed by atoms with E-state index in [1.807, 2.05) is 31.2 Å². The van der Waals surface area contributed by atoms with Crippen LogP contribution in [0.1, 0.15) is 31.9 Å². The number of β-amino-alcohol motifs (C(OH)–C–C–N with tert-alkyl or cyclic N) is 1. The molecule has 1 aromatic carbocycles. The molecular formula is C17H26ClNO3. The van der Waals surface area contributed by atoms with E-state index in [-0.39, 0.29) is 6.10 Å². The number of aliphatic hydroxyl groups is 1. The zero-order chi connectivity index (χ0) is 15.9. The van der Waals surface area contributed by atoms with Crippen LogP contribution >= 0.6 is 11.6 Å². The van der Waals surface area contributed by atoms with E-state index in [0.29, 0.717) is 24.2 Å². The summed E-state index contributed by atoms with van der Waals surface area (Å²) < 4.78 is 11.3. The third-order valence-corrected chi connectivity index (χ3v) is 4.40. The van der Waals surface area contributed by atoms with Gasteiger partial charge >= 0.3 is 0 Å². The van der Waals surface area contributed by atoms with Gasteiger partial charge in [0, 0.05) is 24.2 Å². The van der Waals surface area contributed by atoms with E-state index >= 15 is 0 Å². The molecule has 1 fully saturated rings. The zero-order valence-corrected chi connectivity index (χ0v) is 14.1. The van der Waals surface area contributed by atoms with Gasteiger partial charge in [0.1, 0.15) is 0 Å². The molecule has 3 unspecified atom stereocenters. The molecule has 3 atom stereocenters. The molecular weight excluding hydrogens is 302 g/mol. The fourth-order valence-electron chi connectivity index (χ4n) is 2.71. The van der Waals surface area contributed by atoms with Crippen LogP contribution in [0.5, 0.6) is 0 Å². The molecule has 0 aromatic heterocycles. The number of nitrogens with zero attached hydrogens (tertiary/aromatic N) is 1. The number of halogens is 1. The van der Waals surface area contributed by atoms with Gasteiger partial charge in [-0.05, 0) is 31.0 Å². The largest absolute Gasteiger partial charge is 0.389 e. The normalized spacial score (nSPS) is 22.5. The molecule has 2 rings (SSSR count). The third kappa shape index (κ3) is 5.21. The lowest BCUT2D eigenvalue weighted by molar-refractivity contribution is -0.0535. The van der Waals surface area contributed by atoms with Crippen LogP contribution in [0.25, 0.3) is 0 Å². The van der Waals surface area contributed by atoms with Gasteiger partial charge in [0.2, 0.25) is 0 Å². The Morgan fingerprint density at radius 1 is 1.41 bits per heavy atom. The second-order valence-electron chi connectivity index (χ2n) is 5.81. The van der Waals surface area contributed by atoms with Gasteiger partial charge in [-0.1, -0.05) is 30.7 Å². The summed E-state index contributed by atoms with van der Waals surface area (Å²) in [7, 11) is 0. The first-order valence-corrected chi connectivity index (χ1v) is 8.35. The average Bonchev–Trinajstić information content (AvgIpc) is 2.54. The summed E-state index contributed by atoms with van der Waals surface area (Å²) >= 11 is 5.88. The van der Waals surface area contributed by atoms with Gasteiger partial charge in [-0.2, -0.15) is 0 Å². The molecule has 1 aromatic rings. The molecule has 0 saturated carbocycles. The van der Waals surface area contributed by atoms with E-state index in [4.69, 9.17) is 21.1 Å². The SMILES string of the molecule is CCC1COCCN1CC(O)COC(C)c1ccc(Cl)cc1. The molecule has 4 nitrogen and oxygen atoms in total. The Labute approximate surface area is 138 Å². The standard InChI is InChI=1S/C17H26ClNO3/c1-3-16-11-21-9-8-19(16)10-17(20)12-22-13(2)14-4-6-15(18)7-5-14/h4-7,13,16-17,20H,3,8-12H2,1-2H3. The van der Waals surface area contributed by atoms with Crippen molar-refractivity contribution in [1.82, 2.24) is 4.90 Å². The highest BCUT2D eigenvalue weighted by atomic mass is 35.5. The molecule has 1 saturated heterocycles. The topological polar surface area (TPSA) is 41.9 Å². The zero-order valence-electron chi connectivity index (χ0n) is 13.4. The Balaban J connectivity index is 1.76. The number of morpholine rings is 1. The maximum absolute atomic E-state index is 10.2. The highest BCUT2D eigenvalue weighted by molar-refractivity contribution is 6.30. The van der Waals surface area contributed by atoms with Crippen LogP contribution in [0.15, 0.2) is 24.3 Å². The van der Waals surface area contributed by atoms with Crippen LogP contribution in [0.4, 0.5) is 0 Å². The smallest absolute Gasteiger partial charge is 0.0900 e. The molecule has 22 heavy (non-hydrogen) atoms. The Kier molecular flexibility index (Phi) is 7.12. The van der Waals surface area contributed by atoms with Gasteiger partial charge in [-0.3, -0.25) is 4.90 Å². The minimum Gasteiger partial charge on any atom is -0.389 e. The van der Waals surface area contributed by atoms with Crippen LogP contribution in [0.3, 0.4) is 0 Å². The number of aliphatic hydroxyl groups excluding tert-OH is 1. The van der Waals surface area contributed by atoms with Crippen LogP contribution in [-0.4, -0.2) is 55.1 Å². The second kappa shape index (κ2) is 8.85. The molecule has 1 aliphatic rings. The lowest BCUT2D eigenvalue weighted by Gasteiger charge is -2.36. The molecule has 124 valence electrons. The minimum absolute atomic E-state index is 0.0569. The molecule has 0 bridgehead atoms. The van der Waals surface area contributed by atoms with Crippen molar-refractivity contribution in [1.29, 1.82) is 0 Å². The van der Waals surface area contributed by atoms with Gasteiger partial charge in [0.05, 0.1) is 32.0 Å². The van der Waals surface area contributed by atoms with Crippen molar-refractivity contribution < 1.29 is 14.6 Å². The quantitative estimate of drug-likeness (QED) is 0.836. The Hall–Kier alpha value is -0.650. The third-order valence-electron chi connectivity index (χ3n) is 4.14. The predicted octanol–water partition coefficient (Wildman–Crippen LogP) is 2.89. The molecule has 5 heteroatoms. The van der Waals surface area contributed by atoms with Crippen molar-refractivity contribution in [2.24, 2.45) is 0 Å². The van der Waals surface area contributed by atoms with Crippen LogP contribution in [-0.2, 0) is 9.47 Å². The van der Waals surface area contributed by atoms with Gasteiger partial charge in [-0.25, -0.2) is 0 Å². The highest BCUT2D eigenvalue weighted by Gasteiger charge is 2.23. The van der Waals surface area contributed by atoms with E-state index in [1.54, 1.807) is 0 Å². The van der Waals surface area contributed by atoms with Crippen molar-refractivity contribution in [3.05, 3.63) is 34.9 Å². The van der Waals surface area contributed by atoms with E-state index < -0.39 is 6.10 Å². The first-order chi connectivity index (χ1) is 10.6. The number of benzene rings is 1. The maximum atomic E-state index is 10.2. The highest BCUT2D eigenvalue weighted by Crippen LogP contribution is 2.19. The summed E-state index contributed by atoms with van der Waals surface area (Å²) in [5, 5.41) is 10.9. The average molecular weight is 328 g/mol. The maximum Gasteiger partial charge on any atom is 0.0900 e. The first-order valence-electron chi connectivity index (χ1n) is 7.97. The minimum atomic E-state index is -0.484. The van der Waals surface area contributed by atoms with Crippen LogP contribution in [0.2, 0.25) is 5.02 Å². The van der Waals surface area contributed by atoms with E-state index in [0.717, 1.165) is 31.7 Å². The van der Waals surface area contributed by atoms with Crippen molar-refractivity contribution in [2.45, 2.75) is 38.5 Å². The van der Waals surface area contributed by atoms with Crippen molar-refractivity contribution >= 4 is 11.6 Å². The molecule has 0 amide bonds. The number of ether oxygens (including phenoxy) is 2. The molecule has 1 N–H and O–H groups in total. The Bertz CT molecular complexity index is 440. The molecule has 0 radical (unpaired) electrons. The van der Waals surface area contributed by atoms with Crippen molar-refractivity contribution in [3.8, 4) is 0 Å². The number of hydrogen-bond donors (Lipinski definition) is 1. The fourth-order valence-corrected chi connectivity index (χ4v) is 2.84. The lowest BCUT2D eigenvalue weighted by Crippen LogP contribution is -2.48. The number of hydrogen-bond acceptors (Lipinski definition) is 4. The molecule has 0 spiro atoms. The molecule has 1 aliphatic heterocycles. The lowest BCUT2D eigenvalue weighted by atomic mass is 10.1. The van der Waals surface area contributed by atoms with Gasteiger partial charge in [-0.15, -0.1) is 0 Å². The summed E-state index contributed by atoms with van der Waals surface area (Å²) in [6.45, 7) is 7.48. The monoisotopic (exact) mass is 327 g/mol. The van der Waals surface area contributed by atoms with Crippen molar-refractivity contribution in [3.63, 3.8) is 0 Å². The fraction of sp³-hybridized carbons (Fsp3) is 0.647. The first kappa shape index (κ1) is 17.7. The number of rotatable bonds is 7. The summed E-state index contributed by atoms with van der Waals surface area (Å²) in [6, 6.07) is 8.01.